The van der Waals surface area contributed by atoms with E-state index in [1.54, 1.807) is 7.11 Å². The standard InChI is InChI=1S/C18H24N2O/c1-13-12-16(8-11-18(13)21-5)19-14(2)15-6-9-17(10-7-15)20(3)4/h6-12,14,19H,1-5H3. The van der Waals surface area contributed by atoms with Gasteiger partial charge in [-0.3, -0.25) is 0 Å². The third-order valence-corrected chi connectivity index (χ3v) is 3.69. The van der Waals surface area contributed by atoms with Crippen molar-refractivity contribution in [2.45, 2.75) is 19.9 Å². The van der Waals surface area contributed by atoms with Gasteiger partial charge in [0.15, 0.2) is 0 Å². The second-order valence-corrected chi connectivity index (χ2v) is 5.54. The van der Waals surface area contributed by atoms with Crippen LogP contribution in [-0.4, -0.2) is 21.2 Å². The molecule has 0 bridgehead atoms. The van der Waals surface area contributed by atoms with E-state index in [4.69, 9.17) is 4.74 Å². The topological polar surface area (TPSA) is 24.5 Å². The summed E-state index contributed by atoms with van der Waals surface area (Å²) in [6.07, 6.45) is 0. The lowest BCUT2D eigenvalue weighted by Gasteiger charge is -2.18. The molecule has 2 rings (SSSR count). The largest absolute Gasteiger partial charge is 0.496 e. The van der Waals surface area contributed by atoms with Crippen LogP contribution in [0.1, 0.15) is 24.1 Å². The van der Waals surface area contributed by atoms with Gasteiger partial charge in [0, 0.05) is 31.5 Å². The third kappa shape index (κ3) is 3.69. The number of anilines is 2. The summed E-state index contributed by atoms with van der Waals surface area (Å²) in [6, 6.07) is 15.1. The molecule has 0 spiro atoms. The highest BCUT2D eigenvalue weighted by Crippen LogP contribution is 2.25. The molecule has 2 aromatic carbocycles. The molecule has 0 fully saturated rings. The highest BCUT2D eigenvalue weighted by molar-refractivity contribution is 5.53. The molecule has 0 aliphatic carbocycles. The van der Waals surface area contributed by atoms with E-state index >= 15 is 0 Å². The van der Waals surface area contributed by atoms with Gasteiger partial charge in [-0.1, -0.05) is 12.1 Å². The first kappa shape index (κ1) is 15.2. The molecule has 1 N–H and O–H groups in total. The van der Waals surface area contributed by atoms with Crippen molar-refractivity contribution >= 4 is 11.4 Å². The Bertz CT molecular complexity index is 591. The Kier molecular flexibility index (Phi) is 4.73. The molecular formula is C18H24N2O. The van der Waals surface area contributed by atoms with Crippen LogP contribution in [0.3, 0.4) is 0 Å². The Morgan fingerprint density at radius 1 is 1.05 bits per heavy atom. The van der Waals surface area contributed by atoms with E-state index in [0.717, 1.165) is 17.0 Å². The Morgan fingerprint density at radius 2 is 1.71 bits per heavy atom. The predicted octanol–water partition coefficient (Wildman–Crippen LogP) is 4.24. The van der Waals surface area contributed by atoms with Crippen LogP contribution < -0.4 is 15.0 Å². The quantitative estimate of drug-likeness (QED) is 0.888. The molecule has 2 aromatic rings. The van der Waals surface area contributed by atoms with Crippen LogP contribution in [0, 0.1) is 6.92 Å². The van der Waals surface area contributed by atoms with Gasteiger partial charge >= 0.3 is 0 Å². The molecule has 0 aliphatic rings. The molecule has 0 amide bonds. The molecule has 0 aliphatic heterocycles. The summed E-state index contributed by atoms with van der Waals surface area (Å²) in [5.74, 6) is 0.920. The zero-order chi connectivity index (χ0) is 15.4. The normalized spacial score (nSPS) is 11.9. The van der Waals surface area contributed by atoms with Gasteiger partial charge in [0.05, 0.1) is 7.11 Å². The van der Waals surface area contributed by atoms with Crippen LogP contribution in [0.4, 0.5) is 11.4 Å². The van der Waals surface area contributed by atoms with Crippen molar-refractivity contribution in [3.63, 3.8) is 0 Å². The second kappa shape index (κ2) is 6.53. The van der Waals surface area contributed by atoms with Crippen molar-refractivity contribution in [3.05, 3.63) is 53.6 Å². The van der Waals surface area contributed by atoms with E-state index in [2.05, 4.69) is 74.6 Å². The predicted molar refractivity (Wildman–Crippen MR) is 90.5 cm³/mol. The number of hydrogen-bond donors (Lipinski definition) is 1. The fourth-order valence-electron chi connectivity index (χ4n) is 2.36. The minimum atomic E-state index is 0.258. The van der Waals surface area contributed by atoms with E-state index in [1.165, 1.54) is 11.3 Å². The number of nitrogens with zero attached hydrogens (tertiary/aromatic N) is 1. The molecule has 0 saturated heterocycles. The fraction of sp³-hybridized carbons (Fsp3) is 0.333. The molecule has 0 heterocycles. The van der Waals surface area contributed by atoms with Gasteiger partial charge in [0.1, 0.15) is 5.75 Å². The first-order chi connectivity index (χ1) is 10.0. The van der Waals surface area contributed by atoms with Crippen molar-refractivity contribution in [2.75, 3.05) is 31.4 Å². The van der Waals surface area contributed by atoms with Crippen molar-refractivity contribution in [2.24, 2.45) is 0 Å². The fourth-order valence-corrected chi connectivity index (χ4v) is 2.36. The van der Waals surface area contributed by atoms with Gasteiger partial charge in [0.25, 0.3) is 0 Å². The summed E-state index contributed by atoms with van der Waals surface area (Å²) >= 11 is 0. The van der Waals surface area contributed by atoms with Crippen molar-refractivity contribution < 1.29 is 4.74 Å². The van der Waals surface area contributed by atoms with E-state index in [0.29, 0.717) is 0 Å². The van der Waals surface area contributed by atoms with E-state index < -0.39 is 0 Å². The maximum absolute atomic E-state index is 5.29. The number of hydrogen-bond acceptors (Lipinski definition) is 3. The van der Waals surface area contributed by atoms with Gasteiger partial charge in [-0.2, -0.15) is 0 Å². The number of ether oxygens (including phenoxy) is 1. The molecule has 0 radical (unpaired) electrons. The number of nitrogens with one attached hydrogen (secondary N) is 1. The summed E-state index contributed by atoms with van der Waals surface area (Å²) in [5, 5.41) is 3.53. The second-order valence-electron chi connectivity index (χ2n) is 5.54. The van der Waals surface area contributed by atoms with E-state index in [1.807, 2.05) is 6.07 Å². The first-order valence-corrected chi connectivity index (χ1v) is 7.19. The van der Waals surface area contributed by atoms with Crippen molar-refractivity contribution in [1.29, 1.82) is 0 Å². The Labute approximate surface area is 127 Å². The van der Waals surface area contributed by atoms with Crippen LogP contribution in [-0.2, 0) is 0 Å². The molecule has 3 heteroatoms. The summed E-state index contributed by atoms with van der Waals surface area (Å²) < 4.78 is 5.29. The average molecular weight is 284 g/mol. The molecule has 0 aromatic heterocycles. The Balaban J connectivity index is 2.10. The van der Waals surface area contributed by atoms with E-state index in [-0.39, 0.29) is 6.04 Å². The molecule has 112 valence electrons. The number of methoxy groups -OCH3 is 1. The molecule has 1 atom stereocenters. The highest BCUT2D eigenvalue weighted by Gasteiger charge is 2.07. The molecule has 1 unspecified atom stereocenters. The monoisotopic (exact) mass is 284 g/mol. The van der Waals surface area contributed by atoms with Gasteiger partial charge in [-0.25, -0.2) is 0 Å². The number of aryl methyl sites for hydroxylation is 1. The lowest BCUT2D eigenvalue weighted by atomic mass is 10.1. The molecular weight excluding hydrogens is 260 g/mol. The molecule has 3 nitrogen and oxygen atoms in total. The lowest BCUT2D eigenvalue weighted by Crippen LogP contribution is -2.10. The lowest BCUT2D eigenvalue weighted by molar-refractivity contribution is 0.412. The average Bonchev–Trinajstić information content (AvgIpc) is 2.47. The SMILES string of the molecule is COc1ccc(NC(C)c2ccc(N(C)C)cc2)cc1C. The summed E-state index contributed by atoms with van der Waals surface area (Å²) in [5.41, 5.74) is 4.73. The minimum Gasteiger partial charge on any atom is -0.496 e. The van der Waals surface area contributed by atoms with Crippen LogP contribution >= 0.6 is 0 Å². The zero-order valence-corrected chi connectivity index (χ0v) is 13.5. The maximum atomic E-state index is 5.29. The summed E-state index contributed by atoms with van der Waals surface area (Å²) in [6.45, 7) is 4.23. The third-order valence-electron chi connectivity index (χ3n) is 3.69. The van der Waals surface area contributed by atoms with Crippen LogP contribution in [0.5, 0.6) is 5.75 Å². The molecule has 0 saturated carbocycles. The zero-order valence-electron chi connectivity index (χ0n) is 13.5. The smallest absolute Gasteiger partial charge is 0.121 e. The van der Waals surface area contributed by atoms with Gasteiger partial charge in [-0.15, -0.1) is 0 Å². The van der Waals surface area contributed by atoms with Crippen LogP contribution in [0.25, 0.3) is 0 Å². The Hall–Kier alpha value is -2.16. The Morgan fingerprint density at radius 3 is 2.24 bits per heavy atom. The van der Waals surface area contributed by atoms with Crippen LogP contribution in [0.2, 0.25) is 0 Å². The van der Waals surface area contributed by atoms with Gasteiger partial charge in [0.2, 0.25) is 0 Å². The number of rotatable bonds is 5. The molecule has 21 heavy (non-hydrogen) atoms. The van der Waals surface area contributed by atoms with E-state index in [9.17, 15) is 0 Å². The summed E-state index contributed by atoms with van der Waals surface area (Å²) in [7, 11) is 5.80. The maximum Gasteiger partial charge on any atom is 0.121 e. The van der Waals surface area contributed by atoms with Crippen LogP contribution in [0.15, 0.2) is 42.5 Å². The minimum absolute atomic E-state index is 0.258. The van der Waals surface area contributed by atoms with Gasteiger partial charge < -0.3 is 15.0 Å². The summed E-state index contributed by atoms with van der Waals surface area (Å²) in [4.78, 5) is 2.11. The highest BCUT2D eigenvalue weighted by atomic mass is 16.5. The first-order valence-electron chi connectivity index (χ1n) is 7.19. The number of benzene rings is 2. The van der Waals surface area contributed by atoms with Crippen molar-refractivity contribution in [1.82, 2.24) is 0 Å². The van der Waals surface area contributed by atoms with Crippen molar-refractivity contribution in [3.8, 4) is 5.75 Å². The van der Waals surface area contributed by atoms with Gasteiger partial charge in [-0.05, 0) is 55.3 Å².